The van der Waals surface area contributed by atoms with E-state index >= 15 is 0 Å². The van der Waals surface area contributed by atoms with Crippen LogP contribution in [0.4, 0.5) is 13.2 Å². The number of hydrogen-bond donors (Lipinski definition) is 2. The molecule has 3 aromatic rings. The van der Waals surface area contributed by atoms with Gasteiger partial charge in [0.1, 0.15) is 0 Å². The standard InChI is InChI=1S/C29H36F3N5O2/c1-5-9-21(7-3)28(34-33-19-35(28)4)16-27(17-39-18-27)22-10-8-11-23(13-22)36-15-25-24(29(30,31)32)12-20(6-2)14-37(25)26(36)38/h6,8,10-15,21,33-34H,2,5,7,9,16-19H2,1,3-4H3. The topological polar surface area (TPSA) is 62.9 Å². The average Bonchev–Trinajstić information content (AvgIpc) is 3.43. The largest absolute Gasteiger partial charge is 0.418 e. The van der Waals surface area contributed by atoms with Gasteiger partial charge in [-0.1, -0.05) is 51.5 Å². The molecule has 2 unspecified atom stereocenters. The highest BCUT2D eigenvalue weighted by molar-refractivity contribution is 5.62. The zero-order valence-corrected chi connectivity index (χ0v) is 22.6. The summed E-state index contributed by atoms with van der Waals surface area (Å²) in [6.07, 6.45) is 3.31. The van der Waals surface area contributed by atoms with Gasteiger partial charge in [-0.25, -0.2) is 15.6 Å². The molecule has 2 saturated heterocycles. The second-order valence-corrected chi connectivity index (χ2v) is 10.9. The highest BCUT2D eigenvalue weighted by Gasteiger charge is 2.53. The molecule has 4 heterocycles. The molecule has 0 spiro atoms. The fourth-order valence-electron chi connectivity index (χ4n) is 6.37. The molecule has 2 fully saturated rings. The number of imidazole rings is 1. The number of alkyl halides is 3. The van der Waals surface area contributed by atoms with E-state index in [-0.39, 0.29) is 22.2 Å². The lowest BCUT2D eigenvalue weighted by Gasteiger charge is -2.51. The summed E-state index contributed by atoms with van der Waals surface area (Å²) in [4.78, 5) is 15.7. The van der Waals surface area contributed by atoms with E-state index in [9.17, 15) is 18.0 Å². The Morgan fingerprint density at radius 1 is 1.21 bits per heavy atom. The van der Waals surface area contributed by atoms with Crippen LogP contribution in [0.1, 0.15) is 56.2 Å². The summed E-state index contributed by atoms with van der Waals surface area (Å²) in [5.41, 5.74) is 6.45. The Bertz CT molecular complexity index is 1420. The van der Waals surface area contributed by atoms with Gasteiger partial charge in [-0.2, -0.15) is 13.2 Å². The van der Waals surface area contributed by atoms with Crippen molar-refractivity contribution in [2.24, 2.45) is 5.92 Å². The summed E-state index contributed by atoms with van der Waals surface area (Å²) >= 11 is 0. The molecule has 39 heavy (non-hydrogen) atoms. The molecule has 7 nitrogen and oxygen atoms in total. The molecule has 0 saturated carbocycles. The molecule has 0 amide bonds. The van der Waals surface area contributed by atoms with Crippen LogP contribution in [-0.4, -0.2) is 46.5 Å². The van der Waals surface area contributed by atoms with Crippen LogP contribution in [0.2, 0.25) is 0 Å². The first kappa shape index (κ1) is 27.6. The Morgan fingerprint density at radius 3 is 2.54 bits per heavy atom. The van der Waals surface area contributed by atoms with E-state index in [0.29, 0.717) is 24.8 Å². The van der Waals surface area contributed by atoms with E-state index < -0.39 is 17.4 Å². The Balaban J connectivity index is 1.59. The number of halogens is 3. The number of fused-ring (bicyclic) bond motifs is 1. The van der Waals surface area contributed by atoms with Crippen molar-refractivity contribution in [3.05, 3.63) is 76.5 Å². The highest BCUT2D eigenvalue weighted by atomic mass is 19.4. The predicted octanol–water partition coefficient (Wildman–Crippen LogP) is 4.93. The van der Waals surface area contributed by atoms with Gasteiger partial charge in [-0.05, 0) is 55.1 Å². The summed E-state index contributed by atoms with van der Waals surface area (Å²) in [5, 5.41) is 0. The molecular weight excluding hydrogens is 507 g/mol. The molecule has 2 aromatic heterocycles. The smallest absolute Gasteiger partial charge is 0.379 e. The number of nitrogens with zero attached hydrogens (tertiary/aromatic N) is 3. The summed E-state index contributed by atoms with van der Waals surface area (Å²) in [6.45, 7) is 9.78. The van der Waals surface area contributed by atoms with Crippen molar-refractivity contribution in [2.45, 2.75) is 56.8 Å². The molecule has 1 aromatic carbocycles. The Morgan fingerprint density at radius 2 is 1.97 bits per heavy atom. The van der Waals surface area contributed by atoms with Gasteiger partial charge in [-0.15, -0.1) is 0 Å². The number of ether oxygens (including phenoxy) is 1. The molecule has 2 N–H and O–H groups in total. The monoisotopic (exact) mass is 543 g/mol. The molecule has 2 atom stereocenters. The number of benzene rings is 1. The first-order valence-corrected chi connectivity index (χ1v) is 13.5. The number of hydrogen-bond acceptors (Lipinski definition) is 5. The van der Waals surface area contributed by atoms with Crippen LogP contribution in [0.25, 0.3) is 17.3 Å². The molecule has 0 aliphatic carbocycles. The SMILES string of the molecule is C=Cc1cc(C(F)(F)F)c2cn(-c3cccc(C4(CC5(C(CC)CCC)NNCN5C)COC4)c3)c(=O)n2c1. The third-order valence-corrected chi connectivity index (χ3v) is 8.54. The second-order valence-electron chi connectivity index (χ2n) is 10.9. The Hall–Kier alpha value is -2.92. The first-order valence-electron chi connectivity index (χ1n) is 13.5. The Labute approximate surface area is 226 Å². The van der Waals surface area contributed by atoms with Crippen LogP contribution in [0.5, 0.6) is 0 Å². The van der Waals surface area contributed by atoms with Crippen molar-refractivity contribution in [1.29, 1.82) is 0 Å². The van der Waals surface area contributed by atoms with Crippen LogP contribution in [-0.2, 0) is 16.3 Å². The number of nitrogens with one attached hydrogen (secondary N) is 2. The minimum Gasteiger partial charge on any atom is -0.379 e. The molecule has 2 aliphatic heterocycles. The molecular formula is C29H36F3N5O2. The molecule has 210 valence electrons. The summed E-state index contributed by atoms with van der Waals surface area (Å²) in [7, 11) is 2.12. The van der Waals surface area contributed by atoms with Gasteiger partial charge in [0.2, 0.25) is 0 Å². The number of hydrazine groups is 1. The van der Waals surface area contributed by atoms with E-state index in [4.69, 9.17) is 4.74 Å². The van der Waals surface area contributed by atoms with Crippen LogP contribution in [0, 0.1) is 5.92 Å². The third-order valence-electron chi connectivity index (χ3n) is 8.54. The van der Waals surface area contributed by atoms with Crippen molar-refractivity contribution < 1.29 is 17.9 Å². The fourth-order valence-corrected chi connectivity index (χ4v) is 6.37. The van der Waals surface area contributed by atoms with Gasteiger partial charge in [0.25, 0.3) is 0 Å². The molecule has 5 rings (SSSR count). The van der Waals surface area contributed by atoms with Gasteiger partial charge < -0.3 is 4.74 Å². The van der Waals surface area contributed by atoms with Crippen molar-refractivity contribution in [2.75, 3.05) is 26.9 Å². The summed E-state index contributed by atoms with van der Waals surface area (Å²) in [6, 6.07) is 8.58. The lowest BCUT2D eigenvalue weighted by Crippen LogP contribution is -2.63. The normalized spacial score (nSPS) is 22.2. The minimum atomic E-state index is -4.62. The maximum Gasteiger partial charge on any atom is 0.418 e. The molecule has 10 heteroatoms. The van der Waals surface area contributed by atoms with Crippen LogP contribution >= 0.6 is 0 Å². The van der Waals surface area contributed by atoms with E-state index in [1.165, 1.54) is 23.0 Å². The quantitative estimate of drug-likeness (QED) is 0.401. The van der Waals surface area contributed by atoms with Crippen LogP contribution < -0.4 is 16.5 Å². The lowest BCUT2D eigenvalue weighted by molar-refractivity contribution is -0.136. The Kier molecular flexibility index (Phi) is 7.26. The molecule has 2 aliphatic rings. The second kappa shape index (κ2) is 10.2. The highest BCUT2D eigenvalue weighted by Crippen LogP contribution is 2.45. The zero-order chi connectivity index (χ0) is 28.0. The van der Waals surface area contributed by atoms with Crippen molar-refractivity contribution in [3.8, 4) is 5.69 Å². The lowest BCUT2D eigenvalue weighted by atomic mass is 9.68. The van der Waals surface area contributed by atoms with Crippen LogP contribution in [0.3, 0.4) is 0 Å². The number of aromatic nitrogens is 2. The van der Waals surface area contributed by atoms with Gasteiger partial charge in [0.15, 0.2) is 0 Å². The van der Waals surface area contributed by atoms with Crippen molar-refractivity contribution >= 4 is 11.6 Å². The third kappa shape index (κ3) is 4.63. The fraction of sp³-hybridized carbons (Fsp3) is 0.483. The van der Waals surface area contributed by atoms with Crippen molar-refractivity contribution in [3.63, 3.8) is 0 Å². The predicted molar refractivity (Wildman–Crippen MR) is 146 cm³/mol. The number of pyridine rings is 1. The minimum absolute atomic E-state index is 0.197. The van der Waals surface area contributed by atoms with Gasteiger partial charge in [0, 0.05) is 17.8 Å². The zero-order valence-electron chi connectivity index (χ0n) is 22.6. The van der Waals surface area contributed by atoms with Crippen LogP contribution in [0.15, 0.2) is 54.1 Å². The maximum atomic E-state index is 13.9. The molecule has 0 radical (unpaired) electrons. The summed E-state index contributed by atoms with van der Waals surface area (Å²) < 4.78 is 49.7. The van der Waals surface area contributed by atoms with Gasteiger partial charge in [-0.3, -0.25) is 13.9 Å². The molecule has 0 bridgehead atoms. The van der Waals surface area contributed by atoms with Gasteiger partial charge >= 0.3 is 11.9 Å². The van der Waals surface area contributed by atoms with E-state index in [0.717, 1.165) is 48.4 Å². The van der Waals surface area contributed by atoms with Crippen molar-refractivity contribution in [1.82, 2.24) is 24.7 Å². The van der Waals surface area contributed by atoms with Gasteiger partial charge in [0.05, 0.1) is 42.3 Å². The van der Waals surface area contributed by atoms with E-state index in [1.807, 2.05) is 18.2 Å². The first-order chi connectivity index (χ1) is 18.6. The number of rotatable bonds is 9. The van der Waals surface area contributed by atoms with E-state index in [1.54, 1.807) is 6.07 Å². The summed E-state index contributed by atoms with van der Waals surface area (Å²) in [5.74, 6) is 0.405. The maximum absolute atomic E-state index is 13.9. The van der Waals surface area contributed by atoms with E-state index in [2.05, 4.69) is 43.2 Å². The average molecular weight is 544 g/mol.